The zero-order valence-electron chi connectivity index (χ0n) is 4.95. The topological polar surface area (TPSA) is 39.9 Å². The van der Waals surface area contributed by atoms with Gasteiger partial charge in [-0.25, -0.2) is 4.68 Å². The molecule has 48 valence electrons. The number of aromatic nitrogens is 3. The summed E-state index contributed by atoms with van der Waals surface area (Å²) < 4.78 is 7.02. The summed E-state index contributed by atoms with van der Waals surface area (Å²) in [6, 6.07) is 0. The average molecular weight is 125 g/mol. The summed E-state index contributed by atoms with van der Waals surface area (Å²) in [4.78, 5) is 0. The molecule has 0 unspecified atom stereocenters. The SMILES string of the molecule is c1nnn2c1COCC2. The molecule has 2 heterocycles. The summed E-state index contributed by atoms with van der Waals surface area (Å²) in [6.07, 6.45) is 1.74. The van der Waals surface area contributed by atoms with Crippen LogP contribution in [0.3, 0.4) is 0 Å². The van der Waals surface area contributed by atoms with Gasteiger partial charge in [0.05, 0.1) is 31.6 Å². The quantitative estimate of drug-likeness (QED) is 0.482. The second-order valence-corrected chi connectivity index (χ2v) is 2.00. The van der Waals surface area contributed by atoms with Gasteiger partial charge >= 0.3 is 0 Å². The first-order valence-corrected chi connectivity index (χ1v) is 2.92. The molecule has 1 aliphatic rings. The molecule has 0 atom stereocenters. The van der Waals surface area contributed by atoms with Crippen LogP contribution in [0, 0.1) is 0 Å². The van der Waals surface area contributed by atoms with Crippen LogP contribution in [-0.4, -0.2) is 21.6 Å². The minimum Gasteiger partial charge on any atom is -0.373 e. The van der Waals surface area contributed by atoms with Crippen molar-refractivity contribution >= 4 is 0 Å². The third kappa shape index (κ3) is 0.712. The normalized spacial score (nSPS) is 17.3. The largest absolute Gasteiger partial charge is 0.373 e. The third-order valence-corrected chi connectivity index (χ3v) is 1.40. The highest BCUT2D eigenvalue weighted by Crippen LogP contribution is 2.03. The van der Waals surface area contributed by atoms with Gasteiger partial charge < -0.3 is 4.74 Å². The fraction of sp³-hybridized carbons (Fsp3) is 0.600. The Labute approximate surface area is 52.4 Å². The van der Waals surface area contributed by atoms with Gasteiger partial charge in [-0.2, -0.15) is 0 Å². The van der Waals surface area contributed by atoms with Crippen LogP contribution in [0.25, 0.3) is 0 Å². The van der Waals surface area contributed by atoms with Crippen LogP contribution >= 0.6 is 0 Å². The number of ether oxygens (including phenoxy) is 1. The van der Waals surface area contributed by atoms with Crippen molar-refractivity contribution in [3.8, 4) is 0 Å². The maximum atomic E-state index is 5.15. The Kier molecular flexibility index (Phi) is 0.989. The number of fused-ring (bicyclic) bond motifs is 1. The molecule has 0 saturated heterocycles. The van der Waals surface area contributed by atoms with Crippen molar-refractivity contribution in [2.45, 2.75) is 13.2 Å². The van der Waals surface area contributed by atoms with Crippen molar-refractivity contribution in [2.24, 2.45) is 0 Å². The first-order chi connectivity index (χ1) is 4.47. The summed E-state index contributed by atoms with van der Waals surface area (Å²) in [5, 5.41) is 7.58. The number of rotatable bonds is 0. The monoisotopic (exact) mass is 125 g/mol. The molecule has 0 fully saturated rings. The van der Waals surface area contributed by atoms with E-state index in [9.17, 15) is 0 Å². The van der Waals surface area contributed by atoms with Crippen molar-refractivity contribution in [1.82, 2.24) is 15.0 Å². The maximum absolute atomic E-state index is 5.15. The van der Waals surface area contributed by atoms with Gasteiger partial charge in [0, 0.05) is 0 Å². The van der Waals surface area contributed by atoms with Crippen LogP contribution in [0.2, 0.25) is 0 Å². The minimum absolute atomic E-state index is 0.660. The fourth-order valence-corrected chi connectivity index (χ4v) is 0.907. The lowest BCUT2D eigenvalue weighted by Crippen LogP contribution is -2.16. The van der Waals surface area contributed by atoms with Crippen molar-refractivity contribution in [3.05, 3.63) is 11.9 Å². The lowest BCUT2D eigenvalue weighted by Gasteiger charge is -2.11. The molecule has 0 spiro atoms. The van der Waals surface area contributed by atoms with Gasteiger partial charge in [-0.3, -0.25) is 0 Å². The standard InChI is InChI=1S/C5H7N3O/c1-2-9-4-5-3-6-7-8(1)5/h3H,1-2,4H2. The first-order valence-electron chi connectivity index (χ1n) is 2.92. The lowest BCUT2D eigenvalue weighted by molar-refractivity contribution is 0.0798. The van der Waals surface area contributed by atoms with Crippen molar-refractivity contribution in [3.63, 3.8) is 0 Å². The molecule has 0 aliphatic carbocycles. The van der Waals surface area contributed by atoms with Crippen LogP contribution in [0.1, 0.15) is 5.69 Å². The molecule has 4 nitrogen and oxygen atoms in total. The smallest absolute Gasteiger partial charge is 0.0902 e. The van der Waals surface area contributed by atoms with E-state index in [4.69, 9.17) is 4.74 Å². The second-order valence-electron chi connectivity index (χ2n) is 2.00. The Morgan fingerprint density at radius 2 is 2.67 bits per heavy atom. The summed E-state index contributed by atoms with van der Waals surface area (Å²) in [5.74, 6) is 0. The van der Waals surface area contributed by atoms with E-state index in [1.807, 2.05) is 4.68 Å². The molecular weight excluding hydrogens is 118 g/mol. The molecule has 1 aliphatic heterocycles. The lowest BCUT2D eigenvalue weighted by atomic mass is 10.4. The molecule has 1 aromatic heterocycles. The number of hydrogen-bond donors (Lipinski definition) is 0. The predicted octanol–water partition coefficient (Wildman–Crippen LogP) is -0.192. The minimum atomic E-state index is 0.660. The van der Waals surface area contributed by atoms with Gasteiger partial charge in [-0.15, -0.1) is 5.10 Å². The second kappa shape index (κ2) is 1.80. The Bertz CT molecular complexity index is 187. The van der Waals surface area contributed by atoms with Gasteiger partial charge in [0.1, 0.15) is 0 Å². The van der Waals surface area contributed by atoms with Crippen molar-refractivity contribution in [1.29, 1.82) is 0 Å². The van der Waals surface area contributed by atoms with E-state index in [2.05, 4.69) is 10.3 Å². The van der Waals surface area contributed by atoms with Gasteiger partial charge in [0.25, 0.3) is 0 Å². The van der Waals surface area contributed by atoms with E-state index in [1.165, 1.54) is 0 Å². The van der Waals surface area contributed by atoms with Crippen LogP contribution in [-0.2, 0) is 17.9 Å². The van der Waals surface area contributed by atoms with Crippen LogP contribution < -0.4 is 0 Å². The van der Waals surface area contributed by atoms with Crippen LogP contribution in [0.4, 0.5) is 0 Å². The highest BCUT2D eigenvalue weighted by atomic mass is 16.5. The van der Waals surface area contributed by atoms with E-state index in [-0.39, 0.29) is 0 Å². The average Bonchev–Trinajstić information content (AvgIpc) is 2.33. The maximum Gasteiger partial charge on any atom is 0.0902 e. The third-order valence-electron chi connectivity index (χ3n) is 1.40. The summed E-state index contributed by atoms with van der Waals surface area (Å²) >= 11 is 0. The summed E-state index contributed by atoms with van der Waals surface area (Å²) in [5.41, 5.74) is 1.07. The molecule has 0 saturated carbocycles. The van der Waals surface area contributed by atoms with Gasteiger partial charge in [0.15, 0.2) is 0 Å². The van der Waals surface area contributed by atoms with E-state index in [0.717, 1.165) is 18.8 Å². The Morgan fingerprint density at radius 1 is 1.67 bits per heavy atom. The molecule has 1 aromatic rings. The van der Waals surface area contributed by atoms with Crippen molar-refractivity contribution < 1.29 is 4.74 Å². The molecule has 0 aromatic carbocycles. The highest BCUT2D eigenvalue weighted by molar-refractivity contribution is 4.92. The number of hydrogen-bond acceptors (Lipinski definition) is 3. The van der Waals surface area contributed by atoms with E-state index in [0.29, 0.717) is 6.61 Å². The molecular formula is C5H7N3O. The first kappa shape index (κ1) is 4.93. The predicted molar refractivity (Wildman–Crippen MR) is 29.7 cm³/mol. The molecule has 0 radical (unpaired) electrons. The van der Waals surface area contributed by atoms with E-state index < -0.39 is 0 Å². The van der Waals surface area contributed by atoms with Gasteiger partial charge in [-0.1, -0.05) is 5.21 Å². The molecule has 0 N–H and O–H groups in total. The zero-order valence-corrected chi connectivity index (χ0v) is 4.95. The summed E-state index contributed by atoms with van der Waals surface area (Å²) in [7, 11) is 0. The van der Waals surface area contributed by atoms with E-state index >= 15 is 0 Å². The van der Waals surface area contributed by atoms with Gasteiger partial charge in [0.2, 0.25) is 0 Å². The Balaban J connectivity index is 2.39. The highest BCUT2D eigenvalue weighted by Gasteiger charge is 2.07. The zero-order chi connectivity index (χ0) is 6.10. The summed E-state index contributed by atoms with van der Waals surface area (Å²) in [6.45, 7) is 2.26. The van der Waals surface area contributed by atoms with Crippen LogP contribution in [0.5, 0.6) is 0 Å². The molecule has 0 bridgehead atoms. The molecule has 9 heavy (non-hydrogen) atoms. The Hall–Kier alpha value is -0.900. The Morgan fingerprint density at radius 3 is 3.56 bits per heavy atom. The van der Waals surface area contributed by atoms with E-state index in [1.54, 1.807) is 6.20 Å². The molecule has 0 amide bonds. The van der Waals surface area contributed by atoms with Gasteiger partial charge in [-0.05, 0) is 0 Å². The van der Waals surface area contributed by atoms with Crippen LogP contribution in [0.15, 0.2) is 6.20 Å². The fourth-order valence-electron chi connectivity index (χ4n) is 0.907. The molecule has 2 rings (SSSR count). The number of nitrogens with zero attached hydrogens (tertiary/aromatic N) is 3. The molecule has 4 heteroatoms. The van der Waals surface area contributed by atoms with Crippen molar-refractivity contribution in [2.75, 3.05) is 6.61 Å².